The first-order chi connectivity index (χ1) is 5.68. The van der Waals surface area contributed by atoms with Gasteiger partial charge in [-0.15, -0.1) is 0 Å². The predicted molar refractivity (Wildman–Crippen MR) is 45.3 cm³/mol. The monoisotopic (exact) mass is 165 g/mol. The fourth-order valence-electron chi connectivity index (χ4n) is 1.65. The lowest BCUT2D eigenvalue weighted by atomic mass is 9.92. The van der Waals surface area contributed by atoms with Crippen molar-refractivity contribution in [3.63, 3.8) is 0 Å². The molecule has 0 atom stereocenters. The Morgan fingerprint density at radius 3 is 2.50 bits per heavy atom. The van der Waals surface area contributed by atoms with Crippen LogP contribution in [0.25, 0.3) is 0 Å². The smallest absolute Gasteiger partial charge is 0.195 e. The third-order valence-electron chi connectivity index (χ3n) is 2.33. The van der Waals surface area contributed by atoms with Crippen LogP contribution in [0.4, 0.5) is 0 Å². The van der Waals surface area contributed by atoms with E-state index in [9.17, 15) is 10.2 Å². The Morgan fingerprint density at radius 2 is 1.75 bits per heavy atom. The largest absolute Gasteiger partial charge is 0.494 e. The molecule has 0 unspecified atom stereocenters. The number of nitrogens with one attached hydrogen (secondary N) is 1. The van der Waals surface area contributed by atoms with Gasteiger partial charge in [-0.1, -0.05) is 12.2 Å². The van der Waals surface area contributed by atoms with Crippen LogP contribution in [-0.2, 0) is 12.8 Å². The van der Waals surface area contributed by atoms with Gasteiger partial charge in [-0.25, -0.2) is 0 Å². The summed E-state index contributed by atoms with van der Waals surface area (Å²) in [5.41, 5.74) is 2.76. The molecule has 2 rings (SSSR count). The van der Waals surface area contributed by atoms with E-state index in [0.717, 1.165) is 29.5 Å². The molecule has 0 radical (unpaired) electrons. The number of hydrogen-bond donors (Lipinski definition) is 3. The topological polar surface area (TPSA) is 56.2 Å². The van der Waals surface area contributed by atoms with E-state index in [1.807, 2.05) is 0 Å². The number of aromatic hydroxyl groups is 2. The van der Waals surface area contributed by atoms with E-state index in [1.165, 1.54) is 0 Å². The van der Waals surface area contributed by atoms with Crippen molar-refractivity contribution in [1.29, 1.82) is 0 Å². The first kappa shape index (κ1) is 7.28. The van der Waals surface area contributed by atoms with Crippen molar-refractivity contribution in [2.45, 2.75) is 19.3 Å². The number of aromatic amines is 1. The third kappa shape index (κ3) is 0.897. The molecular formula is C9H11NO2. The zero-order valence-corrected chi connectivity index (χ0v) is 6.72. The summed E-state index contributed by atoms with van der Waals surface area (Å²) in [4.78, 5) is 2.51. The van der Waals surface area contributed by atoms with E-state index in [0.29, 0.717) is 6.42 Å². The summed E-state index contributed by atoms with van der Waals surface area (Å²) in [6.45, 7) is 3.86. The second kappa shape index (κ2) is 2.30. The Hall–Kier alpha value is -1.38. The molecule has 1 aliphatic carbocycles. The van der Waals surface area contributed by atoms with E-state index in [4.69, 9.17) is 0 Å². The maximum atomic E-state index is 9.34. The molecule has 1 heterocycles. The van der Waals surface area contributed by atoms with Gasteiger partial charge < -0.3 is 10.2 Å². The molecule has 0 aliphatic heterocycles. The van der Waals surface area contributed by atoms with Gasteiger partial charge in [-0.05, 0) is 19.3 Å². The van der Waals surface area contributed by atoms with Gasteiger partial charge in [0.2, 0.25) is 0 Å². The zero-order chi connectivity index (χ0) is 8.72. The van der Waals surface area contributed by atoms with E-state index in [2.05, 4.69) is 11.6 Å². The molecule has 3 nitrogen and oxygen atoms in total. The van der Waals surface area contributed by atoms with Crippen LogP contribution >= 0.6 is 0 Å². The van der Waals surface area contributed by atoms with E-state index < -0.39 is 0 Å². The van der Waals surface area contributed by atoms with Crippen molar-refractivity contribution in [1.82, 2.24) is 4.98 Å². The molecule has 0 aromatic carbocycles. The lowest BCUT2D eigenvalue weighted by Gasteiger charge is -2.13. The van der Waals surface area contributed by atoms with E-state index >= 15 is 0 Å². The quantitative estimate of drug-likeness (QED) is 0.510. The highest BCUT2D eigenvalue weighted by molar-refractivity contribution is 5.47. The van der Waals surface area contributed by atoms with Crippen LogP contribution < -0.4 is 0 Å². The summed E-state index contributed by atoms with van der Waals surface area (Å²) in [6, 6.07) is 0. The molecule has 64 valence electrons. The lowest BCUT2D eigenvalue weighted by Crippen LogP contribution is -2.01. The van der Waals surface area contributed by atoms with Gasteiger partial charge in [0.1, 0.15) is 0 Å². The fourth-order valence-corrected chi connectivity index (χ4v) is 1.65. The van der Waals surface area contributed by atoms with Crippen molar-refractivity contribution < 1.29 is 10.2 Å². The molecular weight excluding hydrogens is 154 g/mol. The number of hydrogen-bond acceptors (Lipinski definition) is 2. The highest BCUT2D eigenvalue weighted by atomic mass is 16.3. The number of H-pyrrole nitrogens is 1. The number of allylic oxidation sites excluding steroid dienone is 1. The molecule has 1 aliphatic rings. The summed E-state index contributed by atoms with van der Waals surface area (Å²) in [6.07, 6.45) is 2.35. The normalized spacial score (nSPS) is 16.2. The Bertz CT molecular complexity index is 339. The number of rotatable bonds is 0. The van der Waals surface area contributed by atoms with Gasteiger partial charge >= 0.3 is 0 Å². The average molecular weight is 165 g/mol. The van der Waals surface area contributed by atoms with Crippen LogP contribution in [0.5, 0.6) is 11.8 Å². The van der Waals surface area contributed by atoms with Crippen LogP contribution in [0.3, 0.4) is 0 Å². The maximum Gasteiger partial charge on any atom is 0.195 e. The fraction of sp³-hybridized carbons (Fsp3) is 0.333. The Morgan fingerprint density at radius 1 is 1.08 bits per heavy atom. The highest BCUT2D eigenvalue weighted by Crippen LogP contribution is 2.36. The number of aromatic nitrogens is 1. The van der Waals surface area contributed by atoms with Crippen LogP contribution in [0, 0.1) is 0 Å². The van der Waals surface area contributed by atoms with Crippen molar-refractivity contribution in [2.75, 3.05) is 0 Å². The zero-order valence-electron chi connectivity index (χ0n) is 6.72. The van der Waals surface area contributed by atoms with Gasteiger partial charge in [-0.3, -0.25) is 4.98 Å². The minimum atomic E-state index is 0.0864. The van der Waals surface area contributed by atoms with Crippen LogP contribution in [0.2, 0.25) is 0 Å². The minimum absolute atomic E-state index is 0.0864. The van der Waals surface area contributed by atoms with E-state index in [-0.39, 0.29) is 11.8 Å². The first-order valence-electron chi connectivity index (χ1n) is 3.96. The summed E-state index contributed by atoms with van der Waals surface area (Å²) in [5.74, 6) is 0.193. The van der Waals surface area contributed by atoms with Gasteiger partial charge in [-0.2, -0.15) is 0 Å². The Balaban J connectivity index is 2.51. The summed E-state index contributed by atoms with van der Waals surface area (Å²) in [5, 5.41) is 18.7. The molecule has 0 fully saturated rings. The highest BCUT2D eigenvalue weighted by Gasteiger charge is 2.21. The summed E-state index contributed by atoms with van der Waals surface area (Å²) >= 11 is 0. The van der Waals surface area contributed by atoms with Gasteiger partial charge in [0.25, 0.3) is 0 Å². The molecule has 0 saturated heterocycles. The molecule has 0 bridgehead atoms. The first-order valence-corrected chi connectivity index (χ1v) is 3.96. The van der Waals surface area contributed by atoms with Crippen LogP contribution in [0.15, 0.2) is 12.2 Å². The molecule has 3 N–H and O–H groups in total. The molecule has 0 amide bonds. The SMILES string of the molecule is C=C1CCc2c(O)[nH]c(O)c2C1. The van der Waals surface area contributed by atoms with Crippen molar-refractivity contribution >= 4 is 0 Å². The molecule has 1 aromatic heterocycles. The summed E-state index contributed by atoms with van der Waals surface area (Å²) < 4.78 is 0. The molecule has 12 heavy (non-hydrogen) atoms. The van der Waals surface area contributed by atoms with Crippen molar-refractivity contribution in [2.24, 2.45) is 0 Å². The second-order valence-corrected chi connectivity index (χ2v) is 3.21. The van der Waals surface area contributed by atoms with Crippen LogP contribution in [0.1, 0.15) is 17.5 Å². The molecule has 0 spiro atoms. The Labute approximate surface area is 70.4 Å². The van der Waals surface area contributed by atoms with Gasteiger partial charge in [0.05, 0.1) is 0 Å². The maximum absolute atomic E-state index is 9.34. The molecule has 1 aromatic rings. The van der Waals surface area contributed by atoms with Gasteiger partial charge in [0.15, 0.2) is 11.8 Å². The lowest BCUT2D eigenvalue weighted by molar-refractivity contribution is 0.422. The van der Waals surface area contributed by atoms with Crippen molar-refractivity contribution in [3.05, 3.63) is 23.3 Å². The molecule has 0 saturated carbocycles. The van der Waals surface area contributed by atoms with Gasteiger partial charge in [0, 0.05) is 11.1 Å². The summed E-state index contributed by atoms with van der Waals surface area (Å²) in [7, 11) is 0. The standard InChI is InChI=1S/C9H11NO2/c1-5-2-3-6-7(4-5)9(12)10-8(6)11/h10-12H,1-4H2. The van der Waals surface area contributed by atoms with Crippen LogP contribution in [-0.4, -0.2) is 15.2 Å². The average Bonchev–Trinajstić information content (AvgIpc) is 2.28. The van der Waals surface area contributed by atoms with Crippen molar-refractivity contribution in [3.8, 4) is 11.8 Å². The molecule has 3 heteroatoms. The minimum Gasteiger partial charge on any atom is -0.494 e. The van der Waals surface area contributed by atoms with E-state index in [1.54, 1.807) is 0 Å². The predicted octanol–water partition coefficient (Wildman–Crippen LogP) is 1.47. The number of fused-ring (bicyclic) bond motifs is 1. The third-order valence-corrected chi connectivity index (χ3v) is 2.33. The second-order valence-electron chi connectivity index (χ2n) is 3.21. The Kier molecular flexibility index (Phi) is 1.40.